The molecule has 1 radical (unpaired) electrons. The van der Waals surface area contributed by atoms with E-state index in [-0.39, 0.29) is 6.61 Å². The number of nitrogens with zero attached hydrogens (tertiary/aromatic N) is 1. The Balaban J connectivity index is 2.76. The lowest BCUT2D eigenvalue weighted by atomic mass is 10.2. The summed E-state index contributed by atoms with van der Waals surface area (Å²) < 4.78 is 5.14. The molecule has 3 heteroatoms. The van der Waals surface area contributed by atoms with Crippen molar-refractivity contribution in [3.05, 3.63) is 30.0 Å². The number of fused-ring (bicyclic) bond motifs is 1. The standard InChI is InChI=1S/C8H6NOS/c10-5-7-6-3-1-2-4-8(6)11-9-7/h1-4H,5H2. The molecule has 0 bridgehead atoms. The second-order valence-corrected chi connectivity index (χ2v) is 3.07. The first-order valence-corrected chi connectivity index (χ1v) is 4.10. The van der Waals surface area contributed by atoms with Crippen molar-refractivity contribution in [2.75, 3.05) is 0 Å². The van der Waals surface area contributed by atoms with Gasteiger partial charge in [0.25, 0.3) is 0 Å². The van der Waals surface area contributed by atoms with Crippen LogP contribution in [0.2, 0.25) is 0 Å². The maximum Gasteiger partial charge on any atom is 0.126 e. The van der Waals surface area contributed by atoms with Crippen LogP contribution in [0.5, 0.6) is 0 Å². The van der Waals surface area contributed by atoms with Crippen molar-refractivity contribution >= 4 is 21.6 Å². The Labute approximate surface area is 68.3 Å². The highest BCUT2D eigenvalue weighted by Crippen LogP contribution is 2.21. The summed E-state index contributed by atoms with van der Waals surface area (Å²) in [7, 11) is 0. The number of hydrogen-bond donors (Lipinski definition) is 0. The molecule has 0 aliphatic heterocycles. The van der Waals surface area contributed by atoms with Crippen molar-refractivity contribution in [3.63, 3.8) is 0 Å². The Morgan fingerprint density at radius 1 is 1.36 bits per heavy atom. The quantitative estimate of drug-likeness (QED) is 0.636. The molecule has 0 saturated heterocycles. The van der Waals surface area contributed by atoms with Gasteiger partial charge in [0.05, 0.1) is 10.4 Å². The second kappa shape index (κ2) is 2.60. The van der Waals surface area contributed by atoms with Crippen molar-refractivity contribution in [3.8, 4) is 0 Å². The summed E-state index contributed by atoms with van der Waals surface area (Å²) in [5.74, 6) is 0. The highest BCUT2D eigenvalue weighted by atomic mass is 32.1. The van der Waals surface area contributed by atoms with Crippen LogP contribution >= 0.6 is 11.5 Å². The summed E-state index contributed by atoms with van der Waals surface area (Å²) in [4.78, 5) is 0. The summed E-state index contributed by atoms with van der Waals surface area (Å²) in [5, 5.41) is 11.6. The van der Waals surface area contributed by atoms with E-state index in [1.165, 1.54) is 11.5 Å². The van der Waals surface area contributed by atoms with Crippen LogP contribution in [0.15, 0.2) is 24.3 Å². The van der Waals surface area contributed by atoms with Crippen molar-refractivity contribution in [1.29, 1.82) is 0 Å². The molecule has 0 atom stereocenters. The lowest BCUT2D eigenvalue weighted by Crippen LogP contribution is -1.78. The number of rotatable bonds is 1. The van der Waals surface area contributed by atoms with E-state index >= 15 is 0 Å². The van der Waals surface area contributed by atoms with Gasteiger partial charge in [-0.1, -0.05) is 18.2 Å². The number of benzene rings is 1. The van der Waals surface area contributed by atoms with E-state index < -0.39 is 0 Å². The van der Waals surface area contributed by atoms with E-state index in [1.807, 2.05) is 24.3 Å². The van der Waals surface area contributed by atoms with E-state index in [2.05, 4.69) is 4.37 Å². The molecule has 55 valence electrons. The predicted molar refractivity (Wildman–Crippen MR) is 44.0 cm³/mol. The number of hydrogen-bond acceptors (Lipinski definition) is 2. The van der Waals surface area contributed by atoms with E-state index in [0.717, 1.165) is 10.1 Å². The molecule has 0 N–H and O–H groups in total. The van der Waals surface area contributed by atoms with Gasteiger partial charge in [-0.05, 0) is 17.6 Å². The zero-order valence-corrected chi connectivity index (χ0v) is 6.60. The Morgan fingerprint density at radius 2 is 2.18 bits per heavy atom. The fourth-order valence-corrected chi connectivity index (χ4v) is 1.83. The van der Waals surface area contributed by atoms with Crippen molar-refractivity contribution in [2.24, 2.45) is 0 Å². The smallest absolute Gasteiger partial charge is 0.126 e. The molecule has 2 aromatic rings. The molecule has 0 aliphatic carbocycles. The topological polar surface area (TPSA) is 32.8 Å². The monoisotopic (exact) mass is 164 g/mol. The summed E-state index contributed by atoms with van der Waals surface area (Å²) in [5.41, 5.74) is 0.672. The lowest BCUT2D eigenvalue weighted by molar-refractivity contribution is 0.176. The van der Waals surface area contributed by atoms with Gasteiger partial charge < -0.3 is 0 Å². The van der Waals surface area contributed by atoms with Crippen LogP contribution < -0.4 is 0 Å². The van der Waals surface area contributed by atoms with Gasteiger partial charge in [-0.25, -0.2) is 5.11 Å². The third kappa shape index (κ3) is 1.02. The Bertz CT molecular complexity index is 369. The molecular weight excluding hydrogens is 158 g/mol. The predicted octanol–water partition coefficient (Wildman–Crippen LogP) is 2.23. The molecule has 1 aromatic heterocycles. The molecule has 0 aliphatic rings. The van der Waals surface area contributed by atoms with Gasteiger partial charge in [0.1, 0.15) is 6.61 Å². The summed E-state index contributed by atoms with van der Waals surface area (Å²) in [6, 6.07) is 7.79. The normalized spacial score (nSPS) is 10.6. The first kappa shape index (κ1) is 6.76. The molecule has 2 rings (SSSR count). The van der Waals surface area contributed by atoms with Crippen molar-refractivity contribution in [1.82, 2.24) is 4.37 Å². The highest BCUT2D eigenvalue weighted by molar-refractivity contribution is 7.13. The molecule has 1 heterocycles. The van der Waals surface area contributed by atoms with E-state index in [9.17, 15) is 5.11 Å². The highest BCUT2D eigenvalue weighted by Gasteiger charge is 2.02. The van der Waals surface area contributed by atoms with Crippen LogP contribution in [0.25, 0.3) is 10.1 Å². The zero-order chi connectivity index (χ0) is 7.68. The molecular formula is C8H6NOS. The fraction of sp³-hybridized carbons (Fsp3) is 0.125. The third-order valence-corrected chi connectivity index (χ3v) is 2.45. The number of aromatic nitrogens is 1. The van der Waals surface area contributed by atoms with Crippen LogP contribution in [0.1, 0.15) is 5.69 Å². The molecule has 0 amide bonds. The minimum Gasteiger partial charge on any atom is -0.230 e. The zero-order valence-electron chi connectivity index (χ0n) is 5.78. The summed E-state index contributed by atoms with van der Waals surface area (Å²) in [6.07, 6.45) is 0. The van der Waals surface area contributed by atoms with Crippen molar-refractivity contribution < 1.29 is 5.11 Å². The average Bonchev–Trinajstić information content (AvgIpc) is 2.47. The molecule has 0 saturated carbocycles. The van der Waals surface area contributed by atoms with Crippen LogP contribution in [0, 0.1) is 0 Å². The van der Waals surface area contributed by atoms with Crippen LogP contribution in [0.3, 0.4) is 0 Å². The van der Waals surface area contributed by atoms with Crippen LogP contribution in [0.4, 0.5) is 0 Å². The molecule has 0 unspecified atom stereocenters. The summed E-state index contributed by atoms with van der Waals surface area (Å²) in [6.45, 7) is -0.218. The van der Waals surface area contributed by atoms with Gasteiger partial charge in [0.15, 0.2) is 0 Å². The van der Waals surface area contributed by atoms with Gasteiger partial charge in [-0.15, -0.1) is 0 Å². The largest absolute Gasteiger partial charge is 0.230 e. The molecule has 1 aromatic carbocycles. The maximum atomic E-state index is 10.6. The Hall–Kier alpha value is -0.930. The van der Waals surface area contributed by atoms with Gasteiger partial charge in [-0.3, -0.25) is 0 Å². The minimum atomic E-state index is -0.218. The van der Waals surface area contributed by atoms with Gasteiger partial charge >= 0.3 is 0 Å². The first-order valence-electron chi connectivity index (χ1n) is 3.33. The van der Waals surface area contributed by atoms with Crippen LogP contribution in [-0.2, 0) is 11.7 Å². The average molecular weight is 164 g/mol. The van der Waals surface area contributed by atoms with Gasteiger partial charge in [0.2, 0.25) is 0 Å². The maximum absolute atomic E-state index is 10.6. The van der Waals surface area contributed by atoms with E-state index in [1.54, 1.807) is 0 Å². The third-order valence-electron chi connectivity index (χ3n) is 1.59. The first-order chi connectivity index (χ1) is 5.42. The molecule has 0 spiro atoms. The molecule has 2 nitrogen and oxygen atoms in total. The van der Waals surface area contributed by atoms with Crippen molar-refractivity contribution in [2.45, 2.75) is 6.61 Å². The Morgan fingerprint density at radius 3 is 3.00 bits per heavy atom. The van der Waals surface area contributed by atoms with Gasteiger partial charge in [-0.2, -0.15) is 4.37 Å². The van der Waals surface area contributed by atoms with Gasteiger partial charge in [0, 0.05) is 5.39 Å². The summed E-state index contributed by atoms with van der Waals surface area (Å²) >= 11 is 1.39. The fourth-order valence-electron chi connectivity index (χ4n) is 1.04. The minimum absolute atomic E-state index is 0.218. The Kier molecular flexibility index (Phi) is 1.60. The second-order valence-electron chi connectivity index (χ2n) is 2.27. The SMILES string of the molecule is [O]Cc1nsc2ccccc12. The van der Waals surface area contributed by atoms with E-state index in [4.69, 9.17) is 0 Å². The molecule has 0 fully saturated rings. The van der Waals surface area contributed by atoms with Crippen LogP contribution in [-0.4, -0.2) is 4.37 Å². The van der Waals surface area contributed by atoms with E-state index in [0.29, 0.717) is 5.69 Å². The molecule has 11 heavy (non-hydrogen) atoms. The lowest BCUT2D eigenvalue weighted by Gasteiger charge is -1.87.